The second kappa shape index (κ2) is 5.17. The van der Waals surface area contributed by atoms with E-state index in [1.54, 1.807) is 7.11 Å². The van der Waals surface area contributed by atoms with Crippen LogP contribution in [0.5, 0.6) is 5.75 Å². The Balaban J connectivity index is 1.83. The van der Waals surface area contributed by atoms with Gasteiger partial charge in [-0.25, -0.2) is 0 Å². The lowest BCUT2D eigenvalue weighted by Crippen LogP contribution is -2.33. The first-order valence-electron chi connectivity index (χ1n) is 6.82. The van der Waals surface area contributed by atoms with Crippen LogP contribution < -0.4 is 4.74 Å². The Morgan fingerprint density at radius 3 is 3.05 bits per heavy atom. The SMILES string of the molecule is COc1ccc2nnc(CC3CCCN(C)C3)n2c1. The van der Waals surface area contributed by atoms with Crippen molar-refractivity contribution in [1.29, 1.82) is 0 Å². The number of aromatic nitrogens is 3. The molecule has 0 bridgehead atoms. The number of fused-ring (bicyclic) bond motifs is 1. The van der Waals surface area contributed by atoms with Crippen LogP contribution in [0, 0.1) is 5.92 Å². The molecule has 0 spiro atoms. The van der Waals surface area contributed by atoms with Gasteiger partial charge in [-0.05, 0) is 44.5 Å². The Labute approximate surface area is 113 Å². The zero-order chi connectivity index (χ0) is 13.2. The highest BCUT2D eigenvalue weighted by Crippen LogP contribution is 2.20. The lowest BCUT2D eigenvalue weighted by Gasteiger charge is -2.29. The molecule has 102 valence electrons. The molecular formula is C14H20N4O. The van der Waals surface area contributed by atoms with Gasteiger partial charge in [0.15, 0.2) is 5.65 Å². The number of ether oxygens (including phenoxy) is 1. The summed E-state index contributed by atoms with van der Waals surface area (Å²) in [6, 6.07) is 3.87. The van der Waals surface area contributed by atoms with E-state index >= 15 is 0 Å². The van der Waals surface area contributed by atoms with Crippen LogP contribution in [0.4, 0.5) is 0 Å². The summed E-state index contributed by atoms with van der Waals surface area (Å²) in [7, 11) is 3.87. The van der Waals surface area contributed by atoms with Gasteiger partial charge in [-0.2, -0.15) is 0 Å². The van der Waals surface area contributed by atoms with Crippen molar-refractivity contribution in [3.05, 3.63) is 24.2 Å². The summed E-state index contributed by atoms with van der Waals surface area (Å²) in [6.45, 7) is 2.36. The van der Waals surface area contributed by atoms with Crippen molar-refractivity contribution in [3.63, 3.8) is 0 Å². The van der Waals surface area contributed by atoms with Gasteiger partial charge >= 0.3 is 0 Å². The fourth-order valence-electron chi connectivity index (χ4n) is 2.88. The van der Waals surface area contributed by atoms with E-state index in [4.69, 9.17) is 4.74 Å². The molecule has 0 aromatic carbocycles. The van der Waals surface area contributed by atoms with Gasteiger partial charge in [-0.1, -0.05) is 0 Å². The predicted molar refractivity (Wildman–Crippen MR) is 73.5 cm³/mol. The van der Waals surface area contributed by atoms with E-state index in [0.717, 1.165) is 30.2 Å². The second-order valence-electron chi connectivity index (χ2n) is 5.39. The standard InChI is InChI=1S/C14H20N4O/c1-17-7-3-4-11(9-17)8-14-16-15-13-6-5-12(19-2)10-18(13)14/h5-6,10-11H,3-4,7-9H2,1-2H3. The molecule has 0 amide bonds. The lowest BCUT2D eigenvalue weighted by atomic mass is 9.95. The molecule has 1 unspecified atom stereocenters. The molecule has 1 atom stereocenters. The average Bonchev–Trinajstić information content (AvgIpc) is 2.81. The van der Waals surface area contributed by atoms with Crippen molar-refractivity contribution in [1.82, 2.24) is 19.5 Å². The number of hydrogen-bond acceptors (Lipinski definition) is 4. The minimum atomic E-state index is 0.678. The van der Waals surface area contributed by atoms with Crippen molar-refractivity contribution in [2.45, 2.75) is 19.3 Å². The first-order chi connectivity index (χ1) is 9.26. The normalized spacial score (nSPS) is 20.8. The average molecular weight is 260 g/mol. The summed E-state index contributed by atoms with van der Waals surface area (Å²) in [4.78, 5) is 2.40. The van der Waals surface area contributed by atoms with Crippen LogP contribution in [-0.4, -0.2) is 46.7 Å². The molecule has 2 aromatic heterocycles. The molecule has 5 heteroatoms. The number of pyridine rings is 1. The number of rotatable bonds is 3. The molecule has 19 heavy (non-hydrogen) atoms. The zero-order valence-corrected chi connectivity index (χ0v) is 11.5. The highest BCUT2D eigenvalue weighted by molar-refractivity contribution is 5.41. The number of hydrogen-bond donors (Lipinski definition) is 0. The van der Waals surface area contributed by atoms with Crippen molar-refractivity contribution < 1.29 is 4.74 Å². The molecule has 3 rings (SSSR count). The lowest BCUT2D eigenvalue weighted by molar-refractivity contribution is 0.207. The van der Waals surface area contributed by atoms with Crippen LogP contribution in [0.25, 0.3) is 5.65 Å². The van der Waals surface area contributed by atoms with E-state index in [9.17, 15) is 0 Å². The maximum absolute atomic E-state index is 5.27. The fourth-order valence-corrected chi connectivity index (χ4v) is 2.88. The Bertz CT molecular complexity index is 566. The third-order valence-corrected chi connectivity index (χ3v) is 3.87. The first-order valence-corrected chi connectivity index (χ1v) is 6.82. The maximum Gasteiger partial charge on any atom is 0.161 e. The second-order valence-corrected chi connectivity index (χ2v) is 5.39. The number of methoxy groups -OCH3 is 1. The molecule has 2 aromatic rings. The fraction of sp³-hybridized carbons (Fsp3) is 0.571. The van der Waals surface area contributed by atoms with Gasteiger partial charge in [-0.3, -0.25) is 4.40 Å². The van der Waals surface area contributed by atoms with Crippen molar-refractivity contribution in [2.24, 2.45) is 5.92 Å². The topological polar surface area (TPSA) is 42.7 Å². The molecule has 1 saturated heterocycles. The van der Waals surface area contributed by atoms with Crippen LogP contribution in [0.15, 0.2) is 18.3 Å². The molecule has 1 fully saturated rings. The van der Waals surface area contributed by atoms with Gasteiger partial charge < -0.3 is 9.64 Å². The van der Waals surface area contributed by atoms with Crippen LogP contribution in [0.2, 0.25) is 0 Å². The van der Waals surface area contributed by atoms with E-state index in [1.165, 1.54) is 19.4 Å². The highest BCUT2D eigenvalue weighted by atomic mass is 16.5. The summed E-state index contributed by atoms with van der Waals surface area (Å²) >= 11 is 0. The number of likely N-dealkylation sites (tertiary alicyclic amines) is 1. The minimum absolute atomic E-state index is 0.678. The molecule has 3 heterocycles. The quantitative estimate of drug-likeness (QED) is 0.841. The van der Waals surface area contributed by atoms with Gasteiger partial charge in [0.25, 0.3) is 0 Å². The summed E-state index contributed by atoms with van der Waals surface area (Å²) in [6.07, 6.45) is 5.51. The van der Waals surface area contributed by atoms with Gasteiger partial charge in [-0.15, -0.1) is 10.2 Å². The Hall–Kier alpha value is -1.62. The van der Waals surface area contributed by atoms with Crippen molar-refractivity contribution in [3.8, 4) is 5.75 Å². The summed E-state index contributed by atoms with van der Waals surface area (Å²) in [5.74, 6) is 2.56. The molecule has 5 nitrogen and oxygen atoms in total. The summed E-state index contributed by atoms with van der Waals surface area (Å²) < 4.78 is 7.32. The third-order valence-electron chi connectivity index (χ3n) is 3.87. The smallest absolute Gasteiger partial charge is 0.161 e. The zero-order valence-electron chi connectivity index (χ0n) is 11.5. The van der Waals surface area contributed by atoms with Crippen LogP contribution in [0.3, 0.4) is 0 Å². The van der Waals surface area contributed by atoms with E-state index in [2.05, 4.69) is 22.1 Å². The first kappa shape index (κ1) is 12.4. The number of nitrogens with zero attached hydrogens (tertiary/aromatic N) is 4. The molecule has 0 radical (unpaired) electrons. The highest BCUT2D eigenvalue weighted by Gasteiger charge is 2.19. The van der Waals surface area contributed by atoms with Gasteiger partial charge in [0.05, 0.1) is 13.3 Å². The molecule has 0 saturated carbocycles. The monoisotopic (exact) mass is 260 g/mol. The number of piperidine rings is 1. The van der Waals surface area contributed by atoms with Gasteiger partial charge in [0.1, 0.15) is 11.6 Å². The van der Waals surface area contributed by atoms with E-state index in [1.807, 2.05) is 22.7 Å². The van der Waals surface area contributed by atoms with E-state index in [0.29, 0.717) is 5.92 Å². The molecule has 0 aliphatic carbocycles. The predicted octanol–water partition coefficient (Wildman–Crippen LogP) is 1.62. The Kier molecular flexibility index (Phi) is 3.38. The molecule has 0 N–H and O–H groups in total. The van der Waals surface area contributed by atoms with E-state index < -0.39 is 0 Å². The van der Waals surface area contributed by atoms with Crippen LogP contribution >= 0.6 is 0 Å². The van der Waals surface area contributed by atoms with E-state index in [-0.39, 0.29) is 0 Å². The van der Waals surface area contributed by atoms with Crippen molar-refractivity contribution in [2.75, 3.05) is 27.2 Å². The summed E-state index contributed by atoms with van der Waals surface area (Å²) in [5.41, 5.74) is 0.889. The Morgan fingerprint density at radius 2 is 2.26 bits per heavy atom. The Morgan fingerprint density at radius 1 is 1.37 bits per heavy atom. The van der Waals surface area contributed by atoms with Gasteiger partial charge in [0.2, 0.25) is 0 Å². The molecular weight excluding hydrogens is 240 g/mol. The largest absolute Gasteiger partial charge is 0.495 e. The van der Waals surface area contributed by atoms with Gasteiger partial charge in [0, 0.05) is 13.0 Å². The molecule has 1 aliphatic rings. The van der Waals surface area contributed by atoms with Crippen LogP contribution in [-0.2, 0) is 6.42 Å². The third kappa shape index (κ3) is 2.56. The maximum atomic E-state index is 5.27. The summed E-state index contributed by atoms with van der Waals surface area (Å²) in [5, 5.41) is 8.55. The van der Waals surface area contributed by atoms with Crippen molar-refractivity contribution >= 4 is 5.65 Å². The van der Waals surface area contributed by atoms with Crippen LogP contribution in [0.1, 0.15) is 18.7 Å². The minimum Gasteiger partial charge on any atom is -0.495 e. The molecule has 1 aliphatic heterocycles.